The van der Waals surface area contributed by atoms with Crippen LogP contribution >= 0.6 is 8.25 Å². The van der Waals surface area contributed by atoms with Crippen LogP contribution in [0.3, 0.4) is 0 Å². The second-order valence-corrected chi connectivity index (χ2v) is 6.49. The molecule has 2 aromatic carbocycles. The summed E-state index contributed by atoms with van der Waals surface area (Å²) in [4.78, 5) is 0. The Hall–Kier alpha value is -1.94. The van der Waals surface area contributed by atoms with Gasteiger partial charge in [-0.3, -0.25) is 0 Å². The Kier molecular flexibility index (Phi) is 7.17. The first-order valence-electron chi connectivity index (χ1n) is 6.95. The highest BCUT2D eigenvalue weighted by Gasteiger charge is 2.22. The van der Waals surface area contributed by atoms with E-state index in [0.29, 0.717) is 0 Å². The van der Waals surface area contributed by atoms with E-state index in [-0.39, 0.29) is 16.9 Å². The van der Waals surface area contributed by atoms with Crippen molar-refractivity contribution in [1.82, 2.24) is 0 Å². The first-order chi connectivity index (χ1) is 10.8. The molecular weight excluding hydrogens is 315 g/mol. The molecule has 0 bridgehead atoms. The van der Waals surface area contributed by atoms with Gasteiger partial charge in [-0.15, -0.1) is 9.05 Å². The molecule has 0 radical (unpaired) electrons. The van der Waals surface area contributed by atoms with Crippen molar-refractivity contribution in [2.75, 3.05) is 14.2 Å². The molecule has 0 fully saturated rings. The molecule has 0 aliphatic heterocycles. The summed E-state index contributed by atoms with van der Waals surface area (Å²) >= 11 is 0. The number of hydrogen-bond acceptors (Lipinski definition) is 5. The van der Waals surface area contributed by atoms with Crippen LogP contribution in [0, 0.1) is 0 Å². The predicted molar refractivity (Wildman–Crippen MR) is 90.0 cm³/mol. The zero-order valence-electron chi connectivity index (χ0n) is 13.7. The van der Waals surface area contributed by atoms with Crippen LogP contribution in [0.25, 0.3) is 0 Å². The summed E-state index contributed by atoms with van der Waals surface area (Å²) in [6.07, 6.45) is 0. The van der Waals surface area contributed by atoms with Crippen molar-refractivity contribution in [2.24, 2.45) is 0 Å². The van der Waals surface area contributed by atoms with E-state index >= 15 is 0 Å². The Morgan fingerprint density at radius 3 is 1.30 bits per heavy atom. The smallest absolute Gasteiger partial charge is 0.508 e. The van der Waals surface area contributed by atoms with Gasteiger partial charge in [0.2, 0.25) is 0 Å². The lowest BCUT2D eigenvalue weighted by atomic mass is 9.78. The van der Waals surface area contributed by atoms with Crippen LogP contribution in [-0.2, 0) is 19.0 Å². The number of benzene rings is 2. The Bertz CT molecular complexity index is 567. The average molecular weight is 337 g/mol. The van der Waals surface area contributed by atoms with Gasteiger partial charge in [0.05, 0.1) is 14.2 Å². The van der Waals surface area contributed by atoms with Crippen molar-refractivity contribution >= 4 is 8.25 Å². The summed E-state index contributed by atoms with van der Waals surface area (Å²) in [7, 11) is 0.817. The van der Waals surface area contributed by atoms with Crippen LogP contribution in [0.4, 0.5) is 0 Å². The van der Waals surface area contributed by atoms with Gasteiger partial charge in [-0.05, 0) is 35.4 Å². The molecular formula is C17H22O5P+. The standard InChI is InChI=1S/C15H16O2.C2H6O3P/c1-15(2,11-3-7-13(16)8-4-11)12-5-9-14(17)10-6-12;1-4-6(3)5-2/h3-10,16-17H,1-2H3;1-2H3/q;+1. The second kappa shape index (κ2) is 8.63. The molecule has 5 nitrogen and oxygen atoms in total. The van der Waals surface area contributed by atoms with Crippen molar-refractivity contribution in [3.63, 3.8) is 0 Å². The van der Waals surface area contributed by atoms with Crippen LogP contribution in [0.1, 0.15) is 25.0 Å². The maximum atomic E-state index is 9.88. The number of aromatic hydroxyl groups is 2. The van der Waals surface area contributed by atoms with Crippen molar-refractivity contribution in [3.05, 3.63) is 59.7 Å². The zero-order valence-corrected chi connectivity index (χ0v) is 14.6. The van der Waals surface area contributed by atoms with E-state index in [1.807, 2.05) is 24.3 Å². The third kappa shape index (κ3) is 5.64. The molecule has 0 aromatic heterocycles. The second-order valence-electron chi connectivity index (χ2n) is 5.31. The molecule has 2 rings (SSSR count). The van der Waals surface area contributed by atoms with Crippen LogP contribution in [0.5, 0.6) is 11.5 Å². The van der Waals surface area contributed by atoms with E-state index in [2.05, 4.69) is 22.9 Å². The molecule has 0 aliphatic carbocycles. The summed E-state index contributed by atoms with van der Waals surface area (Å²) < 4.78 is 18.3. The molecule has 0 unspecified atom stereocenters. The van der Waals surface area contributed by atoms with Gasteiger partial charge < -0.3 is 10.2 Å². The normalized spacial score (nSPS) is 10.6. The molecule has 0 aliphatic rings. The average Bonchev–Trinajstić information content (AvgIpc) is 2.55. The van der Waals surface area contributed by atoms with Gasteiger partial charge in [-0.25, -0.2) is 0 Å². The van der Waals surface area contributed by atoms with Crippen molar-refractivity contribution < 1.29 is 23.8 Å². The van der Waals surface area contributed by atoms with Gasteiger partial charge >= 0.3 is 8.25 Å². The fraction of sp³-hybridized carbons (Fsp3) is 0.294. The third-order valence-corrected chi connectivity index (χ3v) is 4.07. The molecule has 0 spiro atoms. The maximum absolute atomic E-state index is 9.88. The van der Waals surface area contributed by atoms with Crippen molar-refractivity contribution in [2.45, 2.75) is 19.3 Å². The Morgan fingerprint density at radius 1 is 0.783 bits per heavy atom. The Labute approximate surface area is 137 Å². The van der Waals surface area contributed by atoms with Crippen molar-refractivity contribution in [1.29, 1.82) is 0 Å². The van der Waals surface area contributed by atoms with Crippen LogP contribution in [-0.4, -0.2) is 24.4 Å². The summed E-state index contributed by atoms with van der Waals surface area (Å²) in [5.74, 6) is 0.547. The lowest BCUT2D eigenvalue weighted by molar-refractivity contribution is 0.302. The van der Waals surface area contributed by atoms with E-state index in [1.165, 1.54) is 14.2 Å². The first kappa shape index (κ1) is 19.1. The Morgan fingerprint density at radius 2 is 1.09 bits per heavy atom. The highest BCUT2D eigenvalue weighted by molar-refractivity contribution is 7.33. The fourth-order valence-corrected chi connectivity index (χ4v) is 2.15. The molecule has 0 saturated carbocycles. The van der Waals surface area contributed by atoms with Crippen LogP contribution in [0.2, 0.25) is 0 Å². The van der Waals surface area contributed by atoms with E-state index in [1.54, 1.807) is 24.3 Å². The van der Waals surface area contributed by atoms with Gasteiger partial charge in [0.25, 0.3) is 0 Å². The minimum atomic E-state index is -1.83. The minimum Gasteiger partial charge on any atom is -0.508 e. The van der Waals surface area contributed by atoms with Gasteiger partial charge in [0.15, 0.2) is 0 Å². The molecule has 2 aromatic rings. The van der Waals surface area contributed by atoms with Gasteiger partial charge in [-0.1, -0.05) is 38.1 Å². The van der Waals surface area contributed by atoms with Gasteiger partial charge in [0, 0.05) is 9.98 Å². The van der Waals surface area contributed by atoms with Gasteiger partial charge in [-0.2, -0.15) is 0 Å². The third-order valence-electron chi connectivity index (χ3n) is 3.48. The highest BCUT2D eigenvalue weighted by Crippen LogP contribution is 2.32. The molecule has 2 N–H and O–H groups in total. The molecule has 0 heterocycles. The summed E-state index contributed by atoms with van der Waals surface area (Å²) in [6, 6.07) is 14.4. The lowest BCUT2D eigenvalue weighted by Gasteiger charge is -2.26. The number of phenols is 2. The molecule has 0 saturated heterocycles. The number of hydrogen-bond donors (Lipinski definition) is 2. The van der Waals surface area contributed by atoms with Crippen LogP contribution < -0.4 is 0 Å². The number of rotatable bonds is 4. The Balaban J connectivity index is 0.000000379. The monoisotopic (exact) mass is 337 g/mol. The maximum Gasteiger partial charge on any atom is 0.696 e. The quantitative estimate of drug-likeness (QED) is 0.811. The summed E-state index contributed by atoms with van der Waals surface area (Å²) in [6.45, 7) is 4.23. The lowest BCUT2D eigenvalue weighted by Crippen LogP contribution is -2.18. The topological polar surface area (TPSA) is 76.0 Å². The fourth-order valence-electron chi connectivity index (χ4n) is 2.00. The van der Waals surface area contributed by atoms with E-state index in [9.17, 15) is 14.8 Å². The minimum absolute atomic E-state index is 0.151. The highest BCUT2D eigenvalue weighted by atomic mass is 31.1. The predicted octanol–water partition coefficient (Wildman–Crippen LogP) is 4.36. The largest absolute Gasteiger partial charge is 0.696 e. The molecule has 23 heavy (non-hydrogen) atoms. The summed E-state index contributed by atoms with van der Waals surface area (Å²) in [5.41, 5.74) is 2.10. The molecule has 124 valence electrons. The first-order valence-corrected chi connectivity index (χ1v) is 8.05. The van der Waals surface area contributed by atoms with Gasteiger partial charge in [0.1, 0.15) is 11.5 Å². The SMILES string of the molecule is CC(C)(c1ccc(O)cc1)c1ccc(O)cc1.CO[P+](=O)OC. The molecule has 6 heteroatoms. The summed E-state index contributed by atoms with van der Waals surface area (Å²) in [5, 5.41) is 18.6. The zero-order chi connectivity index (χ0) is 17.5. The van der Waals surface area contributed by atoms with Crippen molar-refractivity contribution in [3.8, 4) is 11.5 Å². The van der Waals surface area contributed by atoms with E-state index < -0.39 is 8.25 Å². The van der Waals surface area contributed by atoms with E-state index in [0.717, 1.165) is 11.1 Å². The molecule has 0 amide bonds. The number of phenolic OH excluding ortho intramolecular Hbond substituents is 2. The van der Waals surface area contributed by atoms with Crippen LogP contribution in [0.15, 0.2) is 48.5 Å². The van der Waals surface area contributed by atoms with E-state index in [4.69, 9.17) is 0 Å². The molecule has 0 atom stereocenters.